The van der Waals surface area contributed by atoms with Crippen molar-refractivity contribution in [2.75, 3.05) is 0 Å². The Morgan fingerprint density at radius 3 is 2.63 bits per heavy atom. The molecule has 0 spiro atoms. The number of hydrogen-bond donors (Lipinski definition) is 1. The number of nitrogens with zero attached hydrogens (tertiary/aromatic N) is 4. The van der Waals surface area contributed by atoms with Gasteiger partial charge in [0.15, 0.2) is 0 Å². The van der Waals surface area contributed by atoms with Crippen molar-refractivity contribution in [1.29, 1.82) is 0 Å². The van der Waals surface area contributed by atoms with Gasteiger partial charge in [-0.05, 0) is 6.42 Å². The average molecular weight is 261 g/mol. The molecule has 0 radical (unpaired) electrons. The minimum absolute atomic E-state index is 0.00981. The molecule has 5 nitrogen and oxygen atoms in total. The summed E-state index contributed by atoms with van der Waals surface area (Å²) in [6.45, 7) is 8.66. The highest BCUT2D eigenvalue weighted by atomic mass is 15.3. The van der Waals surface area contributed by atoms with Gasteiger partial charge in [0.25, 0.3) is 0 Å². The molecule has 0 bridgehead atoms. The van der Waals surface area contributed by atoms with Gasteiger partial charge in [0.05, 0.1) is 11.4 Å². The van der Waals surface area contributed by atoms with Crippen LogP contribution < -0.4 is 5.73 Å². The van der Waals surface area contributed by atoms with Crippen LogP contribution in [-0.2, 0) is 12.5 Å². The molecule has 0 aromatic carbocycles. The van der Waals surface area contributed by atoms with Gasteiger partial charge in [-0.3, -0.25) is 4.68 Å². The van der Waals surface area contributed by atoms with E-state index in [2.05, 4.69) is 43.0 Å². The summed E-state index contributed by atoms with van der Waals surface area (Å²) < 4.78 is 1.85. The number of amidine groups is 1. The summed E-state index contributed by atoms with van der Waals surface area (Å²) in [7, 11) is 1.95. The van der Waals surface area contributed by atoms with Crippen LogP contribution in [0.1, 0.15) is 51.8 Å². The Morgan fingerprint density at radius 2 is 2.05 bits per heavy atom. The quantitative estimate of drug-likeness (QED) is 0.886. The molecule has 104 valence electrons. The summed E-state index contributed by atoms with van der Waals surface area (Å²) in [5, 5.41) is 13.0. The first-order valence-electron chi connectivity index (χ1n) is 6.77. The van der Waals surface area contributed by atoms with E-state index in [1.165, 1.54) is 0 Å². The van der Waals surface area contributed by atoms with Gasteiger partial charge >= 0.3 is 0 Å². The van der Waals surface area contributed by atoms with E-state index in [1.54, 1.807) is 0 Å². The molecule has 2 N–H and O–H groups in total. The average Bonchev–Trinajstić information content (AvgIpc) is 2.70. The number of nitrogens with two attached hydrogens (primary N) is 1. The molecule has 1 unspecified atom stereocenters. The summed E-state index contributed by atoms with van der Waals surface area (Å²) in [6, 6.07) is 0. The third kappa shape index (κ3) is 2.69. The molecule has 0 saturated heterocycles. The molecule has 0 fully saturated rings. The monoisotopic (exact) mass is 261 g/mol. The molecule has 2 heterocycles. The van der Waals surface area contributed by atoms with Crippen LogP contribution in [0.3, 0.4) is 0 Å². The van der Waals surface area contributed by atoms with Crippen molar-refractivity contribution in [1.82, 2.24) is 9.78 Å². The molecule has 1 atom stereocenters. The Kier molecular flexibility index (Phi) is 3.47. The van der Waals surface area contributed by atoms with Crippen molar-refractivity contribution in [2.45, 2.75) is 46.0 Å². The van der Waals surface area contributed by atoms with Crippen molar-refractivity contribution >= 4 is 11.5 Å². The molecule has 0 amide bonds. The summed E-state index contributed by atoms with van der Waals surface area (Å²) in [5.41, 5.74) is 8.99. The van der Waals surface area contributed by atoms with Crippen molar-refractivity contribution < 1.29 is 0 Å². The van der Waals surface area contributed by atoms with Crippen molar-refractivity contribution in [3.8, 4) is 0 Å². The van der Waals surface area contributed by atoms with Gasteiger partial charge in [0.1, 0.15) is 5.84 Å². The molecule has 2 rings (SSSR count). The summed E-state index contributed by atoms with van der Waals surface area (Å²) in [4.78, 5) is 0. The molecule has 1 aliphatic rings. The van der Waals surface area contributed by atoms with Crippen LogP contribution in [0.2, 0.25) is 0 Å². The second-order valence-electron chi connectivity index (χ2n) is 6.20. The van der Waals surface area contributed by atoms with E-state index in [-0.39, 0.29) is 5.41 Å². The lowest BCUT2D eigenvalue weighted by Crippen LogP contribution is -2.28. The standard InChI is InChI=1S/C14H23N5/c1-6-9-7-11(15)16-17-12(9)10-8-19(5)18-13(10)14(2,3)4/h8-9H,6-7H2,1-5H3,(H2,15,16). The largest absolute Gasteiger partial charge is 0.386 e. The molecule has 1 aliphatic heterocycles. The number of rotatable bonds is 2. The molecular formula is C14H23N5. The molecule has 1 aromatic heterocycles. The first-order chi connectivity index (χ1) is 8.82. The fourth-order valence-electron chi connectivity index (χ4n) is 2.43. The zero-order chi connectivity index (χ0) is 14.2. The molecule has 1 aromatic rings. The Balaban J connectivity index is 2.52. The zero-order valence-corrected chi connectivity index (χ0v) is 12.4. The van der Waals surface area contributed by atoms with Crippen LogP contribution in [0.4, 0.5) is 0 Å². The van der Waals surface area contributed by atoms with Crippen LogP contribution >= 0.6 is 0 Å². The minimum Gasteiger partial charge on any atom is -0.386 e. The van der Waals surface area contributed by atoms with Crippen molar-refractivity contribution in [3.05, 3.63) is 17.5 Å². The Morgan fingerprint density at radius 1 is 1.37 bits per heavy atom. The van der Waals surface area contributed by atoms with Crippen LogP contribution in [0.25, 0.3) is 0 Å². The van der Waals surface area contributed by atoms with Gasteiger partial charge in [0, 0.05) is 36.6 Å². The smallest absolute Gasteiger partial charge is 0.123 e. The van der Waals surface area contributed by atoms with E-state index < -0.39 is 0 Å². The van der Waals surface area contributed by atoms with Crippen molar-refractivity contribution in [3.63, 3.8) is 0 Å². The van der Waals surface area contributed by atoms with Crippen LogP contribution in [0, 0.1) is 5.92 Å². The van der Waals surface area contributed by atoms with E-state index in [9.17, 15) is 0 Å². The fraction of sp³-hybridized carbons (Fsp3) is 0.643. The first-order valence-corrected chi connectivity index (χ1v) is 6.77. The lowest BCUT2D eigenvalue weighted by Gasteiger charge is -2.23. The maximum absolute atomic E-state index is 5.79. The van der Waals surface area contributed by atoms with Crippen LogP contribution in [0.5, 0.6) is 0 Å². The van der Waals surface area contributed by atoms with Gasteiger partial charge < -0.3 is 5.73 Å². The highest BCUT2D eigenvalue weighted by molar-refractivity contribution is 6.06. The number of hydrogen-bond acceptors (Lipinski definition) is 4. The van der Waals surface area contributed by atoms with E-state index in [0.29, 0.717) is 11.8 Å². The van der Waals surface area contributed by atoms with Crippen LogP contribution in [0.15, 0.2) is 16.4 Å². The summed E-state index contributed by atoms with van der Waals surface area (Å²) in [6.07, 6.45) is 3.83. The Labute approximate surface area is 114 Å². The van der Waals surface area contributed by atoms with Gasteiger partial charge in [-0.2, -0.15) is 10.2 Å². The predicted molar refractivity (Wildman–Crippen MR) is 78.5 cm³/mol. The number of aromatic nitrogens is 2. The Bertz CT molecular complexity index is 531. The second-order valence-corrected chi connectivity index (χ2v) is 6.20. The molecule has 0 aliphatic carbocycles. The van der Waals surface area contributed by atoms with Crippen LogP contribution in [-0.4, -0.2) is 21.3 Å². The summed E-state index contributed by atoms with van der Waals surface area (Å²) in [5.74, 6) is 0.958. The number of aryl methyl sites for hydroxylation is 1. The topological polar surface area (TPSA) is 68.6 Å². The lowest BCUT2D eigenvalue weighted by molar-refractivity contribution is 0.551. The van der Waals surface area contributed by atoms with Gasteiger partial charge in [-0.15, -0.1) is 5.10 Å². The van der Waals surface area contributed by atoms with Crippen molar-refractivity contribution in [2.24, 2.45) is 28.9 Å². The normalized spacial score (nSPS) is 20.2. The minimum atomic E-state index is -0.00981. The highest BCUT2D eigenvalue weighted by Gasteiger charge is 2.29. The van der Waals surface area contributed by atoms with E-state index in [0.717, 1.165) is 29.8 Å². The van der Waals surface area contributed by atoms with Gasteiger partial charge in [-0.1, -0.05) is 27.7 Å². The molecule has 5 heteroatoms. The third-order valence-electron chi connectivity index (χ3n) is 3.44. The first kappa shape index (κ1) is 13.8. The SMILES string of the molecule is CCC1CC(N)=NN=C1c1cn(C)nc1C(C)(C)C. The van der Waals surface area contributed by atoms with E-state index >= 15 is 0 Å². The predicted octanol–water partition coefficient (Wildman–Crippen LogP) is 2.21. The second kappa shape index (κ2) is 4.79. The maximum Gasteiger partial charge on any atom is 0.123 e. The van der Waals surface area contributed by atoms with Gasteiger partial charge in [0.2, 0.25) is 0 Å². The van der Waals surface area contributed by atoms with E-state index in [1.807, 2.05) is 17.9 Å². The summed E-state index contributed by atoms with van der Waals surface area (Å²) >= 11 is 0. The molecule has 0 saturated carbocycles. The van der Waals surface area contributed by atoms with E-state index in [4.69, 9.17) is 5.73 Å². The van der Waals surface area contributed by atoms with Gasteiger partial charge in [-0.25, -0.2) is 0 Å². The molecular weight excluding hydrogens is 238 g/mol. The third-order valence-corrected chi connectivity index (χ3v) is 3.44. The fourth-order valence-corrected chi connectivity index (χ4v) is 2.43. The maximum atomic E-state index is 5.79. The highest BCUT2D eigenvalue weighted by Crippen LogP contribution is 2.29. The molecule has 19 heavy (non-hydrogen) atoms. The zero-order valence-electron chi connectivity index (χ0n) is 12.4. The lowest BCUT2D eigenvalue weighted by atomic mass is 9.84. The Hall–Kier alpha value is -1.65.